The number of aromatic amines is 2. The van der Waals surface area contributed by atoms with Crippen molar-refractivity contribution in [3.8, 4) is 0 Å². The summed E-state index contributed by atoms with van der Waals surface area (Å²) >= 11 is 0. The number of benzene rings is 2. The number of rotatable bonds is 10. The van der Waals surface area contributed by atoms with Crippen LogP contribution in [0.2, 0.25) is 0 Å². The number of aryl methyl sites for hydroxylation is 2. The number of fused-ring (bicyclic) bond motifs is 2. The van der Waals surface area contributed by atoms with Gasteiger partial charge in [-0.25, -0.2) is 0 Å². The third-order valence-corrected chi connectivity index (χ3v) is 8.13. The highest BCUT2D eigenvalue weighted by Crippen LogP contribution is 2.36. The van der Waals surface area contributed by atoms with Crippen LogP contribution in [0.3, 0.4) is 0 Å². The van der Waals surface area contributed by atoms with Crippen LogP contribution in [0.25, 0.3) is 33.0 Å². The Morgan fingerprint density at radius 2 is 0.930 bits per heavy atom. The highest BCUT2D eigenvalue weighted by atomic mass is 16.2. The van der Waals surface area contributed by atoms with Gasteiger partial charge in [0.25, 0.3) is 23.6 Å². The van der Waals surface area contributed by atoms with E-state index in [-0.39, 0.29) is 23.6 Å². The number of carbonyl (C=O) groups excluding carboxylic acids is 4. The molecule has 6 rings (SSSR count). The first-order valence-corrected chi connectivity index (χ1v) is 14.4. The van der Waals surface area contributed by atoms with Gasteiger partial charge in [0.2, 0.25) is 0 Å². The SMILES string of the molecule is CN(C)C1=C(c2c(CCCCCc3[nH]c4ccccc4c3C3=C(N(C)C)C(=O)NC3=O)[nH]c3ccccc23)C(=O)NC1=O. The molecular formula is C33H34N6O4. The van der Waals surface area contributed by atoms with Crippen molar-refractivity contribution in [2.45, 2.75) is 32.1 Å². The van der Waals surface area contributed by atoms with Crippen LogP contribution in [0.4, 0.5) is 0 Å². The fourth-order valence-corrected chi connectivity index (χ4v) is 6.33. The largest absolute Gasteiger partial charge is 0.373 e. The Bertz CT molecular complexity index is 1750. The van der Waals surface area contributed by atoms with E-state index in [4.69, 9.17) is 0 Å². The molecule has 0 unspecified atom stereocenters. The lowest BCUT2D eigenvalue weighted by Crippen LogP contribution is -2.26. The van der Waals surface area contributed by atoms with Gasteiger partial charge in [-0.1, -0.05) is 42.8 Å². The van der Waals surface area contributed by atoms with Crippen LogP contribution in [0.1, 0.15) is 41.8 Å². The number of amides is 4. The molecule has 4 amide bonds. The molecule has 0 aliphatic carbocycles. The first-order chi connectivity index (χ1) is 20.7. The van der Waals surface area contributed by atoms with E-state index < -0.39 is 0 Å². The number of para-hydroxylation sites is 2. The highest BCUT2D eigenvalue weighted by Gasteiger charge is 2.36. The first-order valence-electron chi connectivity index (χ1n) is 14.4. The summed E-state index contributed by atoms with van der Waals surface area (Å²) in [4.78, 5) is 61.5. The molecule has 2 aliphatic heterocycles. The van der Waals surface area contributed by atoms with Gasteiger partial charge in [0, 0.05) is 72.5 Å². The van der Waals surface area contributed by atoms with Crippen molar-refractivity contribution in [3.63, 3.8) is 0 Å². The van der Waals surface area contributed by atoms with Crippen LogP contribution in [0.15, 0.2) is 59.9 Å². The molecule has 4 heterocycles. The number of H-pyrrole nitrogens is 2. The fraction of sp³-hybridized carbons (Fsp3) is 0.273. The summed E-state index contributed by atoms with van der Waals surface area (Å²) < 4.78 is 0. The molecule has 0 saturated carbocycles. The van der Waals surface area contributed by atoms with E-state index in [0.717, 1.165) is 63.6 Å². The first kappa shape index (κ1) is 28.0. The Labute approximate surface area is 248 Å². The lowest BCUT2D eigenvalue weighted by Gasteiger charge is -2.14. The molecule has 2 aromatic carbocycles. The summed E-state index contributed by atoms with van der Waals surface area (Å²) in [6.45, 7) is 0. The second-order valence-electron chi connectivity index (χ2n) is 11.4. The quantitative estimate of drug-likeness (QED) is 0.168. The molecule has 2 aliphatic rings. The maximum atomic E-state index is 13.0. The molecule has 0 fully saturated rings. The maximum absolute atomic E-state index is 13.0. The monoisotopic (exact) mass is 578 g/mol. The van der Waals surface area contributed by atoms with Gasteiger partial charge in [-0.15, -0.1) is 0 Å². The van der Waals surface area contributed by atoms with Gasteiger partial charge in [0.15, 0.2) is 0 Å². The van der Waals surface area contributed by atoms with E-state index in [0.29, 0.717) is 35.4 Å². The van der Waals surface area contributed by atoms with Gasteiger partial charge in [-0.3, -0.25) is 29.8 Å². The number of likely N-dealkylation sites (N-methyl/N-ethyl adjacent to an activating group) is 2. The van der Waals surface area contributed by atoms with Crippen LogP contribution in [0, 0.1) is 0 Å². The molecule has 0 radical (unpaired) electrons. The number of aromatic nitrogens is 2. The van der Waals surface area contributed by atoms with E-state index in [2.05, 4.69) is 20.6 Å². The Balaban J connectivity index is 1.25. The number of nitrogens with zero attached hydrogens (tertiary/aromatic N) is 2. The van der Waals surface area contributed by atoms with Crippen LogP contribution >= 0.6 is 0 Å². The smallest absolute Gasteiger partial charge is 0.275 e. The predicted octanol–water partition coefficient (Wildman–Crippen LogP) is 3.46. The Kier molecular flexibility index (Phi) is 7.13. The molecule has 0 spiro atoms. The Morgan fingerprint density at radius 3 is 1.33 bits per heavy atom. The topological polar surface area (TPSA) is 130 Å². The van der Waals surface area contributed by atoms with Gasteiger partial charge in [0.1, 0.15) is 11.4 Å². The summed E-state index contributed by atoms with van der Waals surface area (Å²) in [6.07, 6.45) is 3.98. The number of hydrogen-bond donors (Lipinski definition) is 4. The van der Waals surface area contributed by atoms with Crippen molar-refractivity contribution in [2.75, 3.05) is 28.2 Å². The van der Waals surface area contributed by atoms with Gasteiger partial charge < -0.3 is 19.8 Å². The number of carbonyl (C=O) groups is 4. The third kappa shape index (κ3) is 4.78. The summed E-state index contributed by atoms with van der Waals surface area (Å²) in [5, 5.41) is 6.74. The normalized spacial score (nSPS) is 15.3. The van der Waals surface area contributed by atoms with Crippen LogP contribution in [0.5, 0.6) is 0 Å². The third-order valence-electron chi connectivity index (χ3n) is 8.13. The molecular weight excluding hydrogens is 544 g/mol. The molecule has 2 aromatic heterocycles. The predicted molar refractivity (Wildman–Crippen MR) is 165 cm³/mol. The zero-order chi connectivity index (χ0) is 30.4. The van der Waals surface area contributed by atoms with Gasteiger partial charge in [-0.2, -0.15) is 0 Å². The van der Waals surface area contributed by atoms with E-state index in [9.17, 15) is 19.2 Å². The van der Waals surface area contributed by atoms with Crippen molar-refractivity contribution in [1.82, 2.24) is 30.4 Å². The van der Waals surface area contributed by atoms with Crippen molar-refractivity contribution in [2.24, 2.45) is 0 Å². The van der Waals surface area contributed by atoms with Gasteiger partial charge >= 0.3 is 0 Å². The lowest BCUT2D eigenvalue weighted by molar-refractivity contribution is -0.125. The highest BCUT2D eigenvalue weighted by molar-refractivity contribution is 6.38. The van der Waals surface area contributed by atoms with Crippen LogP contribution in [-0.4, -0.2) is 71.6 Å². The molecule has 0 bridgehead atoms. The zero-order valence-corrected chi connectivity index (χ0v) is 24.7. The second-order valence-corrected chi connectivity index (χ2v) is 11.4. The minimum Gasteiger partial charge on any atom is -0.373 e. The van der Waals surface area contributed by atoms with E-state index in [1.54, 1.807) is 38.0 Å². The van der Waals surface area contributed by atoms with Crippen molar-refractivity contribution in [1.29, 1.82) is 0 Å². The number of hydrogen-bond acceptors (Lipinski definition) is 6. The minimum absolute atomic E-state index is 0.364. The van der Waals surface area contributed by atoms with Gasteiger partial charge in [-0.05, 0) is 37.8 Å². The van der Waals surface area contributed by atoms with Crippen LogP contribution in [-0.2, 0) is 32.0 Å². The van der Waals surface area contributed by atoms with Crippen molar-refractivity contribution < 1.29 is 19.2 Å². The average molecular weight is 579 g/mol. The molecule has 0 saturated heterocycles. The maximum Gasteiger partial charge on any atom is 0.275 e. The molecule has 0 atom stereocenters. The van der Waals surface area contributed by atoms with Crippen molar-refractivity contribution in [3.05, 3.63) is 82.4 Å². The number of nitrogens with one attached hydrogen (secondary N) is 4. The summed E-state index contributed by atoms with van der Waals surface area (Å²) in [7, 11) is 7.07. The van der Waals surface area contributed by atoms with E-state index in [1.807, 2.05) is 48.5 Å². The Morgan fingerprint density at radius 1 is 0.535 bits per heavy atom. The summed E-state index contributed by atoms with van der Waals surface area (Å²) in [6, 6.07) is 15.7. The number of imide groups is 2. The number of unbranched alkanes of at least 4 members (excludes halogenated alkanes) is 2. The summed E-state index contributed by atoms with van der Waals surface area (Å²) in [5.41, 5.74) is 6.78. The second kappa shape index (κ2) is 10.9. The molecule has 220 valence electrons. The van der Waals surface area contributed by atoms with E-state index >= 15 is 0 Å². The molecule has 43 heavy (non-hydrogen) atoms. The van der Waals surface area contributed by atoms with E-state index in [1.165, 1.54) is 0 Å². The van der Waals surface area contributed by atoms with Gasteiger partial charge in [0.05, 0.1) is 11.1 Å². The molecule has 4 aromatic rings. The lowest BCUT2D eigenvalue weighted by atomic mass is 9.96. The van der Waals surface area contributed by atoms with Crippen LogP contribution < -0.4 is 10.6 Å². The molecule has 4 N–H and O–H groups in total. The minimum atomic E-state index is -0.388. The molecule has 10 nitrogen and oxygen atoms in total. The molecule has 10 heteroatoms. The average Bonchev–Trinajstić information content (AvgIpc) is 3.67. The standard InChI is InChI=1S/C33H34N6O4/c1-38(2)28-26(30(40)36-32(28)42)24-18-12-8-10-14-20(18)34-22(24)16-6-5-7-17-23-25(19-13-9-11-15-21(19)35-23)27-29(39(3)4)33(43)37-31(27)41/h8-15,34-35H,5-7,16-17H2,1-4H3,(H,36,40,42)(H,37,41,43). The fourth-order valence-electron chi connectivity index (χ4n) is 6.33. The Hall–Kier alpha value is -5.12. The summed E-state index contributed by atoms with van der Waals surface area (Å²) in [5.74, 6) is -1.54. The van der Waals surface area contributed by atoms with Crippen molar-refractivity contribution >= 4 is 56.6 Å². The zero-order valence-electron chi connectivity index (χ0n) is 24.7.